The van der Waals surface area contributed by atoms with Crippen molar-refractivity contribution < 1.29 is 37.3 Å². The fourth-order valence-electron chi connectivity index (χ4n) is 5.53. The zero-order valence-corrected chi connectivity index (χ0v) is 32.8. The van der Waals surface area contributed by atoms with Crippen molar-refractivity contribution in [3.05, 3.63) is 0 Å². The van der Waals surface area contributed by atoms with Gasteiger partial charge in [-0.3, -0.25) is 13.8 Å². The Labute approximate surface area is 291 Å². The number of hydrogen-bond donors (Lipinski definition) is 1. The van der Waals surface area contributed by atoms with Gasteiger partial charge in [-0.1, -0.05) is 162 Å². The lowest BCUT2D eigenvalue weighted by Gasteiger charge is -2.24. The maximum absolute atomic E-state index is 12.9. The molecule has 0 amide bonds. The molecular weight excluding hydrogens is 613 g/mol. The Bertz CT molecular complexity index is 746. The third-order valence-electron chi connectivity index (χ3n) is 8.81. The first-order valence-electron chi connectivity index (χ1n) is 19.7. The highest BCUT2D eigenvalue weighted by molar-refractivity contribution is 7.47. The van der Waals surface area contributed by atoms with E-state index in [0.717, 1.165) is 32.1 Å². The van der Waals surface area contributed by atoms with Gasteiger partial charge in [-0.25, -0.2) is 4.57 Å². The van der Waals surface area contributed by atoms with Gasteiger partial charge >= 0.3 is 13.8 Å². The second kappa shape index (κ2) is 31.5. The molecular formula is C38H79NO7P+. The summed E-state index contributed by atoms with van der Waals surface area (Å²) in [6.45, 7) is 7.51. The number of ether oxygens (including phenoxy) is 2. The Morgan fingerprint density at radius 1 is 0.617 bits per heavy atom. The lowest BCUT2D eigenvalue weighted by atomic mass is 10.0. The SMILES string of the molecule is CCCCCCCCCCCCCCCCOC[C@H](COP(=O)(O)OCC[N+](C)(C)C)OC(=O)[C@@H](C)CCCCCCCCCCC. The van der Waals surface area contributed by atoms with Crippen LogP contribution in [0.2, 0.25) is 0 Å². The molecule has 0 aromatic rings. The quantitative estimate of drug-likeness (QED) is 0.0302. The molecule has 1 unspecified atom stereocenters. The van der Waals surface area contributed by atoms with Gasteiger partial charge in [0.2, 0.25) is 0 Å². The third kappa shape index (κ3) is 33.8. The zero-order chi connectivity index (χ0) is 35.1. The first-order chi connectivity index (χ1) is 22.5. The van der Waals surface area contributed by atoms with Gasteiger partial charge in [0.15, 0.2) is 0 Å². The molecule has 9 heteroatoms. The zero-order valence-electron chi connectivity index (χ0n) is 32.0. The predicted octanol–water partition coefficient (Wildman–Crippen LogP) is 10.8. The molecule has 0 heterocycles. The van der Waals surface area contributed by atoms with E-state index in [1.54, 1.807) is 0 Å². The molecule has 3 atom stereocenters. The summed E-state index contributed by atoms with van der Waals surface area (Å²) in [5, 5.41) is 0. The number of nitrogens with zero attached hydrogens (tertiary/aromatic N) is 1. The smallest absolute Gasteiger partial charge is 0.457 e. The fraction of sp³-hybridized carbons (Fsp3) is 0.974. The van der Waals surface area contributed by atoms with E-state index in [9.17, 15) is 14.3 Å². The fourth-order valence-corrected chi connectivity index (χ4v) is 6.28. The monoisotopic (exact) mass is 693 g/mol. The van der Waals surface area contributed by atoms with Crippen molar-refractivity contribution in [1.29, 1.82) is 0 Å². The number of carbonyl (C=O) groups excluding carboxylic acids is 1. The molecule has 0 spiro atoms. The normalized spacial score (nSPS) is 14.6. The Morgan fingerprint density at radius 2 is 1.04 bits per heavy atom. The number of esters is 1. The summed E-state index contributed by atoms with van der Waals surface area (Å²) in [6.07, 6.45) is 29.3. The summed E-state index contributed by atoms with van der Waals surface area (Å²) < 4.78 is 35.1. The van der Waals surface area contributed by atoms with Gasteiger partial charge in [0.25, 0.3) is 0 Å². The van der Waals surface area contributed by atoms with Crippen LogP contribution in [-0.4, -0.2) is 75.6 Å². The molecule has 0 aromatic heterocycles. The average molecular weight is 693 g/mol. The lowest BCUT2D eigenvalue weighted by molar-refractivity contribution is -0.870. The Morgan fingerprint density at radius 3 is 1.49 bits per heavy atom. The van der Waals surface area contributed by atoms with Crippen LogP contribution >= 0.6 is 7.82 Å². The first-order valence-corrected chi connectivity index (χ1v) is 21.2. The van der Waals surface area contributed by atoms with Gasteiger partial charge < -0.3 is 18.9 Å². The minimum Gasteiger partial charge on any atom is -0.457 e. The molecule has 0 aliphatic carbocycles. The molecule has 282 valence electrons. The van der Waals surface area contributed by atoms with Crippen LogP contribution in [0.15, 0.2) is 0 Å². The molecule has 0 radical (unpaired) electrons. The molecule has 0 saturated heterocycles. The van der Waals surface area contributed by atoms with E-state index < -0.39 is 13.9 Å². The van der Waals surface area contributed by atoms with Crippen LogP contribution in [0.25, 0.3) is 0 Å². The number of likely N-dealkylation sites (N-methyl/N-ethyl adjacent to an activating group) is 1. The standard InChI is InChI=1S/C38H78NO7P/c1-7-9-11-13-15-17-18-19-20-21-23-25-27-29-32-43-34-37(35-45-47(41,42)44-33-31-39(4,5)6)46-38(40)36(3)30-28-26-24-22-16-14-12-10-8-2/h36-37H,7-35H2,1-6H3/p+1/t36-,37+/m0/s1. The maximum atomic E-state index is 12.9. The predicted molar refractivity (Wildman–Crippen MR) is 197 cm³/mol. The molecule has 0 aliphatic rings. The molecule has 0 fully saturated rings. The highest BCUT2D eigenvalue weighted by atomic mass is 31.2. The van der Waals surface area contributed by atoms with E-state index >= 15 is 0 Å². The number of phosphoric ester groups is 1. The summed E-state index contributed by atoms with van der Waals surface area (Å²) in [4.78, 5) is 23.1. The highest BCUT2D eigenvalue weighted by Crippen LogP contribution is 2.43. The van der Waals surface area contributed by atoms with Crippen LogP contribution in [0.4, 0.5) is 0 Å². The topological polar surface area (TPSA) is 91.3 Å². The molecule has 47 heavy (non-hydrogen) atoms. The number of hydrogen-bond acceptors (Lipinski definition) is 6. The molecule has 0 rings (SSSR count). The number of quaternary nitrogens is 1. The van der Waals surface area contributed by atoms with Crippen LogP contribution < -0.4 is 0 Å². The molecule has 1 N–H and O–H groups in total. The minimum absolute atomic E-state index is 0.0904. The number of unbranched alkanes of at least 4 members (excludes halogenated alkanes) is 21. The van der Waals surface area contributed by atoms with Crippen LogP contribution in [0.1, 0.15) is 175 Å². The molecule has 0 aliphatic heterocycles. The van der Waals surface area contributed by atoms with Crippen LogP contribution in [0, 0.1) is 5.92 Å². The summed E-state index contributed by atoms with van der Waals surface area (Å²) in [5.74, 6) is -0.549. The first kappa shape index (κ1) is 46.5. The van der Waals surface area contributed by atoms with E-state index in [-0.39, 0.29) is 31.7 Å². The van der Waals surface area contributed by atoms with Crippen molar-refractivity contribution in [2.24, 2.45) is 5.92 Å². The Balaban J connectivity index is 4.38. The van der Waals surface area contributed by atoms with Gasteiger partial charge in [0, 0.05) is 6.61 Å². The van der Waals surface area contributed by atoms with Crippen LogP contribution in [0.5, 0.6) is 0 Å². The molecule has 0 aromatic carbocycles. The van der Waals surface area contributed by atoms with E-state index in [0.29, 0.717) is 17.6 Å². The summed E-state index contributed by atoms with van der Waals surface area (Å²) in [6, 6.07) is 0. The van der Waals surface area contributed by atoms with E-state index in [2.05, 4.69) is 13.8 Å². The summed E-state index contributed by atoms with van der Waals surface area (Å²) in [5.41, 5.74) is 0. The highest BCUT2D eigenvalue weighted by Gasteiger charge is 2.27. The Hall–Kier alpha value is -0.500. The lowest BCUT2D eigenvalue weighted by Crippen LogP contribution is -2.37. The van der Waals surface area contributed by atoms with Gasteiger partial charge in [-0.2, -0.15) is 0 Å². The summed E-state index contributed by atoms with van der Waals surface area (Å²) in [7, 11) is 1.67. The number of rotatable bonds is 36. The van der Waals surface area contributed by atoms with Crippen LogP contribution in [0.3, 0.4) is 0 Å². The number of phosphoric acid groups is 1. The van der Waals surface area contributed by atoms with E-state index in [4.69, 9.17) is 18.5 Å². The average Bonchev–Trinajstić information content (AvgIpc) is 3.01. The van der Waals surface area contributed by atoms with E-state index in [1.807, 2.05) is 28.1 Å². The van der Waals surface area contributed by atoms with Crippen LogP contribution in [-0.2, 0) is 27.9 Å². The number of carbonyl (C=O) groups is 1. The maximum Gasteiger partial charge on any atom is 0.472 e. The largest absolute Gasteiger partial charge is 0.472 e. The second-order valence-electron chi connectivity index (χ2n) is 14.9. The summed E-state index contributed by atoms with van der Waals surface area (Å²) >= 11 is 0. The van der Waals surface area contributed by atoms with Gasteiger partial charge in [-0.05, 0) is 12.8 Å². The Kier molecular flexibility index (Phi) is 31.1. The minimum atomic E-state index is -4.27. The van der Waals surface area contributed by atoms with Gasteiger partial charge in [0.05, 0.1) is 40.3 Å². The van der Waals surface area contributed by atoms with Gasteiger partial charge in [-0.15, -0.1) is 0 Å². The van der Waals surface area contributed by atoms with Crippen molar-refractivity contribution in [3.8, 4) is 0 Å². The molecule has 0 bridgehead atoms. The third-order valence-corrected chi connectivity index (χ3v) is 9.80. The van der Waals surface area contributed by atoms with Crippen molar-refractivity contribution in [2.75, 3.05) is 54.1 Å². The van der Waals surface area contributed by atoms with Crippen molar-refractivity contribution >= 4 is 13.8 Å². The van der Waals surface area contributed by atoms with Crippen molar-refractivity contribution in [3.63, 3.8) is 0 Å². The van der Waals surface area contributed by atoms with Gasteiger partial charge in [0.1, 0.15) is 19.3 Å². The van der Waals surface area contributed by atoms with Crippen molar-refractivity contribution in [2.45, 2.75) is 181 Å². The second-order valence-corrected chi connectivity index (χ2v) is 16.3. The molecule has 0 saturated carbocycles. The van der Waals surface area contributed by atoms with Crippen molar-refractivity contribution in [1.82, 2.24) is 0 Å². The van der Waals surface area contributed by atoms with E-state index in [1.165, 1.54) is 122 Å². The molecule has 8 nitrogen and oxygen atoms in total.